The van der Waals surface area contributed by atoms with Gasteiger partial charge in [0.05, 0.1) is 18.1 Å². The molecule has 0 spiro atoms. The van der Waals surface area contributed by atoms with Gasteiger partial charge < -0.3 is 10.1 Å². The van der Waals surface area contributed by atoms with E-state index < -0.39 is 10.0 Å². The number of hydrogen-bond donors (Lipinski definition) is 1. The SMILES string of the molecule is CC(C)CC(CNC(=O)c1ccc(S(=O)(=O)N(C)C2CCCCC2)cc1)N1CCOCC1. The van der Waals surface area contributed by atoms with Gasteiger partial charge in [0.2, 0.25) is 10.0 Å². The molecule has 2 fully saturated rings. The van der Waals surface area contributed by atoms with Crippen LogP contribution in [-0.4, -0.2) is 75.5 Å². The Labute approximate surface area is 193 Å². The first-order chi connectivity index (χ1) is 15.3. The Hall–Kier alpha value is -1.48. The van der Waals surface area contributed by atoms with Crippen LogP contribution in [0.4, 0.5) is 0 Å². The smallest absolute Gasteiger partial charge is 0.251 e. The van der Waals surface area contributed by atoms with Crippen molar-refractivity contribution in [1.82, 2.24) is 14.5 Å². The van der Waals surface area contributed by atoms with Crippen LogP contribution in [0.1, 0.15) is 62.7 Å². The van der Waals surface area contributed by atoms with Crippen LogP contribution in [0.5, 0.6) is 0 Å². The van der Waals surface area contributed by atoms with Crippen LogP contribution in [0, 0.1) is 5.92 Å². The number of nitrogens with zero attached hydrogens (tertiary/aromatic N) is 2. The Kier molecular flexibility index (Phi) is 9.11. The maximum Gasteiger partial charge on any atom is 0.251 e. The Morgan fingerprint density at radius 2 is 1.75 bits per heavy atom. The van der Waals surface area contributed by atoms with Crippen molar-refractivity contribution in [2.24, 2.45) is 5.92 Å². The van der Waals surface area contributed by atoms with Crippen LogP contribution in [0.25, 0.3) is 0 Å². The van der Waals surface area contributed by atoms with Crippen molar-refractivity contribution >= 4 is 15.9 Å². The van der Waals surface area contributed by atoms with Gasteiger partial charge in [-0.2, -0.15) is 4.31 Å². The van der Waals surface area contributed by atoms with E-state index in [1.807, 2.05) is 0 Å². The number of hydrogen-bond acceptors (Lipinski definition) is 5. The zero-order valence-electron chi connectivity index (χ0n) is 19.8. The molecular weight excluding hydrogens is 426 g/mol. The number of nitrogens with one attached hydrogen (secondary N) is 1. The number of benzene rings is 1. The standard InChI is InChI=1S/C24H39N3O4S/c1-19(2)17-22(27-13-15-31-16-14-27)18-25-24(28)20-9-11-23(12-10-20)32(29,30)26(3)21-7-5-4-6-8-21/h9-12,19,21-22H,4-8,13-18H2,1-3H3,(H,25,28). The minimum Gasteiger partial charge on any atom is -0.379 e. The second kappa shape index (κ2) is 11.6. The fourth-order valence-electron chi connectivity index (χ4n) is 4.75. The summed E-state index contributed by atoms with van der Waals surface area (Å²) in [5, 5.41) is 3.05. The molecule has 0 bridgehead atoms. The summed E-state index contributed by atoms with van der Waals surface area (Å²) in [6.07, 6.45) is 6.16. The average molecular weight is 466 g/mol. The molecule has 1 N–H and O–H groups in total. The summed E-state index contributed by atoms with van der Waals surface area (Å²) in [5.41, 5.74) is 0.481. The van der Waals surface area contributed by atoms with Crippen molar-refractivity contribution in [2.75, 3.05) is 39.9 Å². The van der Waals surface area contributed by atoms with Gasteiger partial charge in [0.25, 0.3) is 5.91 Å². The van der Waals surface area contributed by atoms with Crippen LogP contribution in [-0.2, 0) is 14.8 Å². The lowest BCUT2D eigenvalue weighted by Gasteiger charge is -2.35. The van der Waals surface area contributed by atoms with Gasteiger partial charge in [0, 0.05) is 44.3 Å². The topological polar surface area (TPSA) is 79.0 Å². The molecule has 32 heavy (non-hydrogen) atoms. The van der Waals surface area contributed by atoms with Gasteiger partial charge in [-0.15, -0.1) is 0 Å². The minimum absolute atomic E-state index is 0.0646. The molecular formula is C24H39N3O4S. The Balaban J connectivity index is 1.61. The Bertz CT molecular complexity index is 829. The highest BCUT2D eigenvalue weighted by atomic mass is 32.2. The number of morpholine rings is 1. The second-order valence-electron chi connectivity index (χ2n) is 9.48. The van der Waals surface area contributed by atoms with Crippen molar-refractivity contribution < 1.29 is 17.9 Å². The van der Waals surface area contributed by atoms with Gasteiger partial charge in [-0.05, 0) is 49.4 Å². The normalized spacial score (nSPS) is 19.9. The maximum atomic E-state index is 13.0. The van der Waals surface area contributed by atoms with Gasteiger partial charge in [-0.25, -0.2) is 8.42 Å². The molecule has 1 aliphatic carbocycles. The Morgan fingerprint density at radius 3 is 2.34 bits per heavy atom. The number of carbonyl (C=O) groups excluding carboxylic acids is 1. The van der Waals surface area contributed by atoms with E-state index in [0.29, 0.717) is 18.0 Å². The van der Waals surface area contributed by atoms with Crippen LogP contribution >= 0.6 is 0 Å². The monoisotopic (exact) mass is 465 g/mol. The molecule has 1 amide bonds. The molecule has 1 atom stereocenters. The third-order valence-corrected chi connectivity index (χ3v) is 8.61. The summed E-state index contributed by atoms with van der Waals surface area (Å²) in [7, 11) is -1.88. The lowest BCUT2D eigenvalue weighted by atomic mass is 9.96. The largest absolute Gasteiger partial charge is 0.379 e. The van der Waals surface area contributed by atoms with Gasteiger partial charge in [-0.1, -0.05) is 33.1 Å². The van der Waals surface area contributed by atoms with Crippen molar-refractivity contribution in [2.45, 2.75) is 69.4 Å². The molecule has 1 aliphatic heterocycles. The van der Waals surface area contributed by atoms with Gasteiger partial charge in [-0.3, -0.25) is 9.69 Å². The number of carbonyl (C=O) groups is 1. The van der Waals surface area contributed by atoms with E-state index in [1.54, 1.807) is 31.3 Å². The molecule has 1 saturated heterocycles. The number of ether oxygens (including phenoxy) is 1. The number of sulfonamides is 1. The van der Waals surface area contributed by atoms with Crippen molar-refractivity contribution in [3.63, 3.8) is 0 Å². The number of rotatable bonds is 9. The summed E-state index contributed by atoms with van der Waals surface area (Å²) in [6, 6.07) is 6.67. The van der Waals surface area contributed by atoms with E-state index in [2.05, 4.69) is 24.1 Å². The zero-order chi connectivity index (χ0) is 23.1. The van der Waals surface area contributed by atoms with E-state index in [4.69, 9.17) is 4.74 Å². The highest BCUT2D eigenvalue weighted by molar-refractivity contribution is 7.89. The third kappa shape index (κ3) is 6.53. The fourth-order valence-corrected chi connectivity index (χ4v) is 6.16. The molecule has 0 aromatic heterocycles. The molecule has 2 aliphatic rings. The van der Waals surface area contributed by atoms with Crippen molar-refractivity contribution in [3.8, 4) is 0 Å². The molecule has 3 rings (SSSR count). The highest BCUT2D eigenvalue weighted by Crippen LogP contribution is 2.26. The molecule has 1 unspecified atom stereocenters. The fraction of sp³-hybridized carbons (Fsp3) is 0.708. The minimum atomic E-state index is -3.55. The van der Waals surface area contributed by atoms with E-state index >= 15 is 0 Å². The zero-order valence-corrected chi connectivity index (χ0v) is 20.6. The summed E-state index contributed by atoms with van der Waals surface area (Å²) < 4.78 is 33.0. The Morgan fingerprint density at radius 1 is 1.12 bits per heavy atom. The van der Waals surface area contributed by atoms with Gasteiger partial charge in [0.15, 0.2) is 0 Å². The van der Waals surface area contributed by atoms with Gasteiger partial charge in [0.1, 0.15) is 0 Å². The van der Waals surface area contributed by atoms with Crippen LogP contribution in [0.3, 0.4) is 0 Å². The maximum absolute atomic E-state index is 13.0. The predicted molar refractivity (Wildman–Crippen MR) is 126 cm³/mol. The quantitative estimate of drug-likeness (QED) is 0.606. The molecule has 180 valence electrons. The predicted octanol–water partition coefficient (Wildman–Crippen LogP) is 3.12. The van der Waals surface area contributed by atoms with Gasteiger partial charge >= 0.3 is 0 Å². The first-order valence-corrected chi connectivity index (χ1v) is 13.4. The average Bonchev–Trinajstić information content (AvgIpc) is 2.82. The summed E-state index contributed by atoms with van der Waals surface area (Å²) >= 11 is 0. The van der Waals surface area contributed by atoms with E-state index in [9.17, 15) is 13.2 Å². The number of amides is 1. The lowest BCUT2D eigenvalue weighted by molar-refractivity contribution is 0.0124. The summed E-state index contributed by atoms with van der Waals surface area (Å²) in [6.45, 7) is 8.18. The molecule has 1 aromatic carbocycles. The highest BCUT2D eigenvalue weighted by Gasteiger charge is 2.29. The van der Waals surface area contributed by atoms with E-state index in [1.165, 1.54) is 10.7 Å². The van der Waals surface area contributed by atoms with Crippen LogP contribution in [0.15, 0.2) is 29.2 Å². The first-order valence-electron chi connectivity index (χ1n) is 12.0. The van der Waals surface area contributed by atoms with E-state index in [0.717, 1.165) is 58.4 Å². The molecule has 8 heteroatoms. The molecule has 7 nitrogen and oxygen atoms in total. The van der Waals surface area contributed by atoms with E-state index in [-0.39, 0.29) is 22.9 Å². The second-order valence-corrected chi connectivity index (χ2v) is 11.5. The van der Waals surface area contributed by atoms with Crippen LogP contribution in [0.2, 0.25) is 0 Å². The van der Waals surface area contributed by atoms with Crippen molar-refractivity contribution in [1.29, 1.82) is 0 Å². The molecule has 1 saturated carbocycles. The third-order valence-electron chi connectivity index (χ3n) is 6.69. The van der Waals surface area contributed by atoms with Crippen molar-refractivity contribution in [3.05, 3.63) is 29.8 Å². The molecule has 1 heterocycles. The summed E-state index contributed by atoms with van der Waals surface area (Å²) in [4.78, 5) is 15.4. The molecule has 1 aromatic rings. The molecule has 0 radical (unpaired) electrons. The lowest BCUT2D eigenvalue weighted by Crippen LogP contribution is -2.49. The summed E-state index contributed by atoms with van der Waals surface area (Å²) in [5.74, 6) is 0.363. The van der Waals surface area contributed by atoms with Crippen LogP contribution < -0.4 is 5.32 Å². The first kappa shape index (κ1) is 25.1.